The van der Waals surface area contributed by atoms with Gasteiger partial charge in [-0.05, 0) is 0 Å². The molecule has 2 unspecified atom stereocenters. The van der Waals surface area contributed by atoms with Crippen LogP contribution in [-0.4, -0.2) is 25.3 Å². The minimum atomic E-state index is -2.92. The summed E-state index contributed by atoms with van der Waals surface area (Å²) in [5.41, 5.74) is 6.18. The first-order valence-corrected chi connectivity index (χ1v) is 9.42. The molecule has 0 aliphatic rings. The van der Waals surface area contributed by atoms with Crippen molar-refractivity contribution < 1.29 is 14.1 Å². The monoisotopic (exact) mass is 367 g/mol. The summed E-state index contributed by atoms with van der Waals surface area (Å²) in [7, 11) is -1.58. The molecule has 0 bridgehead atoms. The normalized spacial score (nSPS) is 13.5. The average Bonchev–Trinajstić information content (AvgIpc) is 2.61. The van der Waals surface area contributed by atoms with Crippen LogP contribution in [0.2, 0.25) is 0 Å². The third-order valence-electron chi connectivity index (χ3n) is 4.03. The van der Waals surface area contributed by atoms with Crippen molar-refractivity contribution >= 4 is 36.1 Å². The number of hydrogen-bond donors (Lipinski definition) is 1. The van der Waals surface area contributed by atoms with Crippen molar-refractivity contribution in [3.05, 3.63) is 60.7 Å². The van der Waals surface area contributed by atoms with E-state index < -0.39 is 19.1 Å². The molecule has 0 saturated heterocycles. The summed E-state index contributed by atoms with van der Waals surface area (Å²) in [6, 6.07) is 18.1. The number of benzene rings is 2. The molecule has 130 valence electrons. The predicted molar refractivity (Wildman–Crippen MR) is 101 cm³/mol. The Labute approximate surface area is 149 Å². The number of halogens is 1. The molecule has 2 atom stereocenters. The first-order chi connectivity index (χ1) is 11.0. The summed E-state index contributed by atoms with van der Waals surface area (Å²) in [5, 5.41) is 1.50. The zero-order chi connectivity index (χ0) is 16.9. The Bertz CT molecular complexity index is 650. The molecule has 2 N–H and O–H groups in total. The second kappa shape index (κ2) is 9.03. The molecule has 0 radical (unpaired) electrons. The van der Waals surface area contributed by atoms with Crippen molar-refractivity contribution in [2.45, 2.75) is 13.0 Å². The Morgan fingerprint density at radius 1 is 1.04 bits per heavy atom. The molecule has 2 aromatic carbocycles. The van der Waals surface area contributed by atoms with Gasteiger partial charge in [0.2, 0.25) is 0 Å². The van der Waals surface area contributed by atoms with Gasteiger partial charge in [0.25, 0.3) is 0 Å². The van der Waals surface area contributed by atoms with Crippen molar-refractivity contribution in [2.24, 2.45) is 11.7 Å². The van der Waals surface area contributed by atoms with Gasteiger partial charge in [-0.3, -0.25) is 4.79 Å². The lowest BCUT2D eigenvalue weighted by Crippen LogP contribution is -2.39. The Balaban J connectivity index is 0.00000288. The summed E-state index contributed by atoms with van der Waals surface area (Å²) in [6.07, 6.45) is 0.220. The van der Waals surface area contributed by atoms with Crippen LogP contribution in [0, 0.1) is 5.92 Å². The van der Waals surface area contributed by atoms with Crippen LogP contribution in [0.1, 0.15) is 6.92 Å². The molecular formula is C18H23ClNO3P. The summed E-state index contributed by atoms with van der Waals surface area (Å²) >= 11 is 0. The highest BCUT2D eigenvalue weighted by Gasteiger charge is 2.33. The number of rotatable bonds is 6. The van der Waals surface area contributed by atoms with Gasteiger partial charge in [0.1, 0.15) is 7.14 Å². The third-order valence-corrected chi connectivity index (χ3v) is 7.23. The summed E-state index contributed by atoms with van der Waals surface area (Å²) in [6.45, 7) is 1.71. The third kappa shape index (κ3) is 4.47. The lowest BCUT2D eigenvalue weighted by atomic mass is 10.1. The molecular weight excluding hydrogens is 345 g/mol. The second-order valence-electron chi connectivity index (χ2n) is 5.57. The Morgan fingerprint density at radius 3 is 1.83 bits per heavy atom. The quantitative estimate of drug-likeness (QED) is 0.629. The fourth-order valence-corrected chi connectivity index (χ4v) is 5.45. The number of carbonyl (C=O) groups excluding carboxylic acids is 1. The van der Waals surface area contributed by atoms with Crippen LogP contribution in [0.15, 0.2) is 60.7 Å². The molecule has 24 heavy (non-hydrogen) atoms. The molecule has 0 aliphatic carbocycles. The van der Waals surface area contributed by atoms with Crippen LogP contribution in [0.25, 0.3) is 0 Å². The highest BCUT2D eigenvalue weighted by Crippen LogP contribution is 2.44. The van der Waals surface area contributed by atoms with Crippen molar-refractivity contribution in [2.75, 3.05) is 13.3 Å². The van der Waals surface area contributed by atoms with Crippen LogP contribution >= 0.6 is 19.5 Å². The lowest BCUT2D eigenvalue weighted by molar-refractivity contribution is -0.145. The van der Waals surface area contributed by atoms with Gasteiger partial charge in [-0.15, -0.1) is 12.4 Å². The number of carbonyl (C=O) groups is 1. The van der Waals surface area contributed by atoms with Crippen molar-refractivity contribution in [1.82, 2.24) is 0 Å². The fraction of sp³-hybridized carbons (Fsp3) is 0.278. The van der Waals surface area contributed by atoms with Crippen LogP contribution in [-0.2, 0) is 14.1 Å². The number of esters is 1. The molecule has 0 saturated carbocycles. The number of ether oxygens (including phenoxy) is 1. The molecule has 6 heteroatoms. The maximum atomic E-state index is 13.8. The van der Waals surface area contributed by atoms with Gasteiger partial charge in [0.15, 0.2) is 0 Å². The molecule has 0 aliphatic heterocycles. The zero-order valence-corrected chi connectivity index (χ0v) is 15.5. The van der Waals surface area contributed by atoms with Crippen molar-refractivity contribution in [3.63, 3.8) is 0 Å². The van der Waals surface area contributed by atoms with Crippen LogP contribution in [0.3, 0.4) is 0 Å². The van der Waals surface area contributed by atoms with Gasteiger partial charge < -0.3 is 15.0 Å². The fourth-order valence-electron chi connectivity index (χ4n) is 2.51. The van der Waals surface area contributed by atoms with E-state index in [0.717, 1.165) is 10.6 Å². The van der Waals surface area contributed by atoms with Gasteiger partial charge >= 0.3 is 5.97 Å². The van der Waals surface area contributed by atoms with Crippen LogP contribution < -0.4 is 16.3 Å². The van der Waals surface area contributed by atoms with E-state index in [2.05, 4.69) is 0 Å². The molecule has 0 heterocycles. The van der Waals surface area contributed by atoms with Crippen LogP contribution in [0.4, 0.5) is 0 Å². The zero-order valence-electron chi connectivity index (χ0n) is 13.8. The minimum Gasteiger partial charge on any atom is -0.469 e. The standard InChI is InChI=1S/C18H22NO3P.ClH/c1-14(18(20)22-2)17(19)13-23(21,15-9-5-3-6-10-15)16-11-7-4-8-12-16;/h3-12,14,17H,13,19H2,1-2H3;1H. The smallest absolute Gasteiger partial charge is 0.309 e. The number of methoxy groups -OCH3 is 1. The SMILES string of the molecule is COC(=O)C(C)C(N)CP(=O)(c1ccccc1)c1ccccc1.Cl. The van der Waals surface area contributed by atoms with Gasteiger partial charge in [-0.1, -0.05) is 67.6 Å². The maximum Gasteiger partial charge on any atom is 0.309 e. The summed E-state index contributed by atoms with van der Waals surface area (Å²) in [5.74, 6) is -0.897. The minimum absolute atomic E-state index is 0. The van der Waals surface area contributed by atoms with E-state index in [4.69, 9.17) is 10.5 Å². The Hall–Kier alpha value is -1.61. The van der Waals surface area contributed by atoms with Crippen LogP contribution in [0.5, 0.6) is 0 Å². The first kappa shape index (κ1) is 20.4. The molecule has 0 fully saturated rings. The van der Waals surface area contributed by atoms with E-state index in [1.807, 2.05) is 60.7 Å². The number of hydrogen-bond acceptors (Lipinski definition) is 4. The number of nitrogens with two attached hydrogens (primary N) is 1. The average molecular weight is 368 g/mol. The molecule has 0 aromatic heterocycles. The van der Waals surface area contributed by atoms with Gasteiger partial charge in [0, 0.05) is 22.8 Å². The largest absolute Gasteiger partial charge is 0.469 e. The molecule has 0 amide bonds. The highest BCUT2D eigenvalue weighted by molar-refractivity contribution is 7.78. The maximum absolute atomic E-state index is 13.8. The molecule has 0 spiro atoms. The lowest BCUT2D eigenvalue weighted by Gasteiger charge is -2.25. The van der Waals surface area contributed by atoms with E-state index in [0.29, 0.717) is 0 Å². The van der Waals surface area contributed by atoms with E-state index >= 15 is 0 Å². The highest BCUT2D eigenvalue weighted by atomic mass is 35.5. The molecule has 4 nitrogen and oxygen atoms in total. The van der Waals surface area contributed by atoms with E-state index in [1.165, 1.54) is 7.11 Å². The second-order valence-corrected chi connectivity index (χ2v) is 8.45. The topological polar surface area (TPSA) is 69.4 Å². The van der Waals surface area contributed by atoms with Gasteiger partial charge in [-0.25, -0.2) is 0 Å². The Morgan fingerprint density at radius 2 is 1.46 bits per heavy atom. The Kier molecular flexibility index (Phi) is 7.68. The van der Waals surface area contributed by atoms with E-state index in [1.54, 1.807) is 6.92 Å². The van der Waals surface area contributed by atoms with Gasteiger partial charge in [-0.2, -0.15) is 0 Å². The van der Waals surface area contributed by atoms with Crippen molar-refractivity contribution in [3.8, 4) is 0 Å². The van der Waals surface area contributed by atoms with Gasteiger partial charge in [0.05, 0.1) is 13.0 Å². The molecule has 2 rings (SSSR count). The predicted octanol–water partition coefficient (Wildman–Crippen LogP) is 2.56. The van der Waals surface area contributed by atoms with Crippen molar-refractivity contribution in [1.29, 1.82) is 0 Å². The first-order valence-electron chi connectivity index (χ1n) is 7.52. The van der Waals surface area contributed by atoms with E-state index in [-0.39, 0.29) is 24.5 Å². The summed E-state index contributed by atoms with van der Waals surface area (Å²) < 4.78 is 18.6. The summed E-state index contributed by atoms with van der Waals surface area (Å²) in [4.78, 5) is 11.7. The van der Waals surface area contributed by atoms with E-state index in [9.17, 15) is 9.36 Å². The molecule has 2 aromatic rings.